The monoisotopic (exact) mass is 394 g/mol. The summed E-state index contributed by atoms with van der Waals surface area (Å²) in [6, 6.07) is 14.5. The highest BCUT2D eigenvalue weighted by atomic mass is 32.1. The van der Waals surface area contributed by atoms with Crippen LogP contribution in [0.25, 0.3) is 21.0 Å². The first-order chi connectivity index (χ1) is 13.5. The first-order valence-corrected chi connectivity index (χ1v) is 9.65. The number of hydrogen-bond acceptors (Lipinski definition) is 5. The van der Waals surface area contributed by atoms with Crippen molar-refractivity contribution in [3.8, 4) is 0 Å². The van der Waals surface area contributed by atoms with Gasteiger partial charge in [0, 0.05) is 13.5 Å². The highest BCUT2D eigenvalue weighted by Crippen LogP contribution is 2.22. The molecule has 142 valence electrons. The van der Waals surface area contributed by atoms with Gasteiger partial charge < -0.3 is 4.90 Å². The van der Waals surface area contributed by atoms with E-state index in [-0.39, 0.29) is 30.0 Å². The number of aromatic amines is 1. The Morgan fingerprint density at radius 3 is 2.61 bits per heavy atom. The van der Waals surface area contributed by atoms with Crippen molar-refractivity contribution < 1.29 is 4.79 Å². The molecule has 1 amide bonds. The second kappa shape index (κ2) is 7.40. The van der Waals surface area contributed by atoms with Crippen molar-refractivity contribution in [1.29, 1.82) is 0 Å². The maximum Gasteiger partial charge on any atom is 0.273 e. The Hall–Kier alpha value is -3.26. The Balaban J connectivity index is 1.46. The highest BCUT2D eigenvalue weighted by Gasteiger charge is 2.14. The van der Waals surface area contributed by atoms with E-state index in [9.17, 15) is 14.4 Å². The maximum atomic E-state index is 12.5. The number of carbonyl (C=O) groups is 1. The second-order valence-electron chi connectivity index (χ2n) is 6.52. The highest BCUT2D eigenvalue weighted by molar-refractivity contribution is 7.18. The van der Waals surface area contributed by atoms with Crippen LogP contribution in [0.5, 0.6) is 0 Å². The molecule has 28 heavy (non-hydrogen) atoms. The van der Waals surface area contributed by atoms with Crippen molar-refractivity contribution in [2.45, 2.75) is 19.5 Å². The average Bonchev–Trinajstić information content (AvgIpc) is 3.11. The topological polar surface area (TPSA) is 88.1 Å². The zero-order valence-corrected chi connectivity index (χ0v) is 16.0. The zero-order valence-electron chi connectivity index (χ0n) is 15.2. The van der Waals surface area contributed by atoms with Crippen molar-refractivity contribution in [2.75, 3.05) is 7.05 Å². The number of fused-ring (bicyclic) bond motifs is 2. The summed E-state index contributed by atoms with van der Waals surface area (Å²) in [5.41, 5.74) is 0.269. The molecule has 0 saturated carbocycles. The fourth-order valence-corrected chi connectivity index (χ4v) is 4.10. The normalized spacial score (nSPS) is 11.2. The fraction of sp³-hybridized carbons (Fsp3) is 0.200. The van der Waals surface area contributed by atoms with Crippen LogP contribution < -0.4 is 11.1 Å². The van der Waals surface area contributed by atoms with Crippen LogP contribution in [-0.2, 0) is 17.9 Å². The average molecular weight is 394 g/mol. The number of aromatic nitrogens is 3. The minimum absolute atomic E-state index is 0.107. The maximum absolute atomic E-state index is 12.5. The van der Waals surface area contributed by atoms with Crippen LogP contribution in [0.4, 0.5) is 0 Å². The van der Waals surface area contributed by atoms with E-state index in [2.05, 4.69) is 10.1 Å². The first-order valence-electron chi connectivity index (χ1n) is 8.83. The molecule has 7 nitrogen and oxygen atoms in total. The lowest BCUT2D eigenvalue weighted by atomic mass is 10.2. The molecule has 0 bridgehead atoms. The predicted molar refractivity (Wildman–Crippen MR) is 110 cm³/mol. The van der Waals surface area contributed by atoms with Gasteiger partial charge in [0.05, 0.1) is 34.1 Å². The Kier molecular flexibility index (Phi) is 4.79. The van der Waals surface area contributed by atoms with Gasteiger partial charge in [-0.15, -0.1) is 11.3 Å². The van der Waals surface area contributed by atoms with E-state index in [4.69, 9.17) is 0 Å². The van der Waals surface area contributed by atoms with Crippen molar-refractivity contribution in [1.82, 2.24) is 19.7 Å². The van der Waals surface area contributed by atoms with Crippen LogP contribution in [-0.4, -0.2) is 32.6 Å². The molecule has 0 unspecified atom stereocenters. The third-order valence-corrected chi connectivity index (χ3v) is 5.59. The van der Waals surface area contributed by atoms with Gasteiger partial charge in [0.2, 0.25) is 5.91 Å². The molecule has 2 heterocycles. The molecule has 0 aliphatic heterocycles. The summed E-state index contributed by atoms with van der Waals surface area (Å²) in [6.07, 6.45) is 0.107. The summed E-state index contributed by atoms with van der Waals surface area (Å²) in [6.45, 7) is 0.517. The summed E-state index contributed by atoms with van der Waals surface area (Å²) in [4.78, 5) is 43.3. The number of benzene rings is 2. The van der Waals surface area contributed by atoms with Crippen molar-refractivity contribution in [2.24, 2.45) is 0 Å². The molecule has 0 atom stereocenters. The third kappa shape index (κ3) is 3.46. The zero-order chi connectivity index (χ0) is 19.7. The number of thiazole rings is 1. The van der Waals surface area contributed by atoms with Gasteiger partial charge in [-0.05, 0) is 24.3 Å². The first kappa shape index (κ1) is 18.1. The number of nitrogens with one attached hydrogen (secondary N) is 1. The molecule has 4 rings (SSSR count). The third-order valence-electron chi connectivity index (χ3n) is 4.57. The Labute approximate surface area is 163 Å². The molecule has 1 N–H and O–H groups in total. The van der Waals surface area contributed by atoms with Crippen molar-refractivity contribution in [3.63, 3.8) is 0 Å². The molecule has 2 aromatic heterocycles. The van der Waals surface area contributed by atoms with E-state index in [1.54, 1.807) is 47.5 Å². The SMILES string of the molecule is CN(Cc1nc2ccccc2s1)C(=O)CCn1[nH]c(=O)c2ccccc2c1=O. The molecule has 8 heteroatoms. The van der Waals surface area contributed by atoms with Crippen LogP contribution in [0.15, 0.2) is 58.1 Å². The van der Waals surface area contributed by atoms with E-state index in [1.165, 1.54) is 4.68 Å². The molecular weight excluding hydrogens is 376 g/mol. The number of H-pyrrole nitrogens is 1. The largest absolute Gasteiger partial charge is 0.339 e. The van der Waals surface area contributed by atoms with E-state index in [0.29, 0.717) is 17.3 Å². The van der Waals surface area contributed by atoms with Gasteiger partial charge in [0.25, 0.3) is 11.1 Å². The number of aryl methyl sites for hydroxylation is 1. The van der Waals surface area contributed by atoms with Gasteiger partial charge in [0.15, 0.2) is 0 Å². The molecule has 0 fully saturated rings. The standard InChI is InChI=1S/C20H18N4O3S/c1-23(12-17-21-15-8-4-5-9-16(15)28-17)18(25)10-11-24-20(27)14-7-3-2-6-13(14)19(26)22-24/h2-9H,10-12H2,1H3,(H,22,26). The molecule has 2 aromatic carbocycles. The van der Waals surface area contributed by atoms with E-state index < -0.39 is 0 Å². The fourth-order valence-electron chi connectivity index (χ4n) is 3.08. The summed E-state index contributed by atoms with van der Waals surface area (Å²) in [7, 11) is 1.71. The molecule has 0 aliphatic carbocycles. The number of amides is 1. The summed E-state index contributed by atoms with van der Waals surface area (Å²) in [5.74, 6) is -0.125. The van der Waals surface area contributed by atoms with E-state index in [0.717, 1.165) is 15.2 Å². The smallest absolute Gasteiger partial charge is 0.273 e. The van der Waals surface area contributed by atoms with Crippen molar-refractivity contribution >= 4 is 38.2 Å². The predicted octanol–water partition coefficient (Wildman–Crippen LogP) is 2.35. The molecular formula is C20H18N4O3S. The van der Waals surface area contributed by atoms with Gasteiger partial charge in [-0.2, -0.15) is 0 Å². The molecule has 0 radical (unpaired) electrons. The number of para-hydroxylation sites is 1. The summed E-state index contributed by atoms with van der Waals surface area (Å²) in [5, 5.41) is 4.10. The lowest BCUT2D eigenvalue weighted by Gasteiger charge is -2.16. The Morgan fingerprint density at radius 1 is 1.11 bits per heavy atom. The van der Waals surface area contributed by atoms with Crippen LogP contribution >= 0.6 is 11.3 Å². The number of carbonyl (C=O) groups excluding carboxylic acids is 1. The number of rotatable bonds is 5. The molecule has 0 aliphatic rings. The summed E-state index contributed by atoms with van der Waals surface area (Å²) >= 11 is 1.56. The van der Waals surface area contributed by atoms with E-state index >= 15 is 0 Å². The molecule has 4 aromatic rings. The quantitative estimate of drug-likeness (QED) is 0.563. The van der Waals surface area contributed by atoms with Crippen LogP contribution in [0, 0.1) is 0 Å². The second-order valence-corrected chi connectivity index (χ2v) is 7.63. The lowest BCUT2D eigenvalue weighted by Crippen LogP contribution is -2.33. The minimum atomic E-state index is -0.342. The van der Waals surface area contributed by atoms with Gasteiger partial charge >= 0.3 is 0 Å². The van der Waals surface area contributed by atoms with Crippen LogP contribution in [0.2, 0.25) is 0 Å². The molecule has 0 saturated heterocycles. The lowest BCUT2D eigenvalue weighted by molar-refractivity contribution is -0.130. The summed E-state index contributed by atoms with van der Waals surface area (Å²) < 4.78 is 2.28. The number of nitrogens with zero attached hydrogens (tertiary/aromatic N) is 3. The van der Waals surface area contributed by atoms with Crippen molar-refractivity contribution in [3.05, 3.63) is 74.2 Å². The Morgan fingerprint density at radius 2 is 1.82 bits per heavy atom. The van der Waals surface area contributed by atoms with Crippen LogP contribution in [0.3, 0.4) is 0 Å². The van der Waals surface area contributed by atoms with Gasteiger partial charge in [-0.1, -0.05) is 24.3 Å². The van der Waals surface area contributed by atoms with Gasteiger partial charge in [-0.25, -0.2) is 9.67 Å². The van der Waals surface area contributed by atoms with Gasteiger partial charge in [-0.3, -0.25) is 19.5 Å². The van der Waals surface area contributed by atoms with E-state index in [1.807, 2.05) is 24.3 Å². The minimum Gasteiger partial charge on any atom is -0.339 e. The van der Waals surface area contributed by atoms with Gasteiger partial charge in [0.1, 0.15) is 5.01 Å². The molecule has 0 spiro atoms. The number of hydrogen-bond donors (Lipinski definition) is 1. The van der Waals surface area contributed by atoms with Crippen LogP contribution in [0.1, 0.15) is 11.4 Å². The Bertz CT molecular complexity index is 1250.